The molecule has 1 rings (SSSR count). The van der Waals surface area contributed by atoms with Crippen LogP contribution in [-0.2, 0) is 4.79 Å². The highest BCUT2D eigenvalue weighted by atomic mass is 127. The fourth-order valence-electron chi connectivity index (χ4n) is 1.09. The Kier molecular flexibility index (Phi) is 2.33. The molecule has 68 valence electrons. The van der Waals surface area contributed by atoms with Gasteiger partial charge in [-0.25, -0.2) is 4.79 Å². The molecule has 0 bridgehead atoms. The Morgan fingerprint density at radius 1 is 1.42 bits per heavy atom. The molecule has 0 aromatic heterocycles. The molecule has 1 aliphatic rings. The molecule has 1 heterocycles. The minimum absolute atomic E-state index is 0.121. The number of halogens is 1. The van der Waals surface area contributed by atoms with Crippen LogP contribution in [0.15, 0.2) is 0 Å². The standard InChI is InChI=1S/C7H11IN2O2/c1-7(2)5(11)10(4-8)6(12)9(7)3/h4H2,1-3H3. The summed E-state index contributed by atoms with van der Waals surface area (Å²) in [5.74, 6) is -0.121. The number of hydrogen-bond acceptors (Lipinski definition) is 2. The number of carbonyl (C=O) groups excluding carboxylic acids is 2. The van der Waals surface area contributed by atoms with E-state index in [1.165, 1.54) is 9.80 Å². The molecular weight excluding hydrogens is 271 g/mol. The highest BCUT2D eigenvalue weighted by molar-refractivity contribution is 14.1. The Bertz CT molecular complexity index is 240. The molecule has 0 saturated carbocycles. The zero-order chi connectivity index (χ0) is 9.52. The number of urea groups is 1. The van der Waals surface area contributed by atoms with E-state index in [-0.39, 0.29) is 11.9 Å². The van der Waals surface area contributed by atoms with Crippen LogP contribution in [-0.4, -0.2) is 38.9 Å². The van der Waals surface area contributed by atoms with Crippen LogP contribution in [0.5, 0.6) is 0 Å². The molecule has 0 unspecified atom stereocenters. The molecule has 0 atom stereocenters. The Morgan fingerprint density at radius 3 is 2.08 bits per heavy atom. The van der Waals surface area contributed by atoms with E-state index in [1.54, 1.807) is 20.9 Å². The maximum Gasteiger partial charge on any atom is 0.328 e. The van der Waals surface area contributed by atoms with Gasteiger partial charge in [0.25, 0.3) is 5.91 Å². The third-order valence-electron chi connectivity index (χ3n) is 2.24. The summed E-state index contributed by atoms with van der Waals surface area (Å²) in [4.78, 5) is 25.6. The summed E-state index contributed by atoms with van der Waals surface area (Å²) >= 11 is 2.00. The van der Waals surface area contributed by atoms with Crippen LogP contribution in [0, 0.1) is 0 Å². The van der Waals surface area contributed by atoms with Crippen molar-refractivity contribution in [3.05, 3.63) is 0 Å². The minimum Gasteiger partial charge on any atom is -0.313 e. The summed E-state index contributed by atoms with van der Waals surface area (Å²) in [6.45, 7) is 3.50. The van der Waals surface area contributed by atoms with Crippen LogP contribution in [0.3, 0.4) is 0 Å². The van der Waals surface area contributed by atoms with E-state index < -0.39 is 5.54 Å². The normalized spacial score (nSPS) is 22.3. The molecule has 12 heavy (non-hydrogen) atoms. The summed E-state index contributed by atoms with van der Waals surface area (Å²) in [6.07, 6.45) is 0. The molecule has 0 aliphatic carbocycles. The van der Waals surface area contributed by atoms with Crippen LogP contribution in [0.1, 0.15) is 13.8 Å². The zero-order valence-electron chi connectivity index (χ0n) is 7.30. The van der Waals surface area contributed by atoms with E-state index in [0.29, 0.717) is 4.55 Å². The maximum absolute atomic E-state index is 11.5. The first-order valence-electron chi connectivity index (χ1n) is 3.58. The molecular formula is C7H11IN2O2. The van der Waals surface area contributed by atoms with Gasteiger partial charge in [0.2, 0.25) is 0 Å². The molecule has 1 saturated heterocycles. The number of amides is 3. The van der Waals surface area contributed by atoms with Gasteiger partial charge in [-0.05, 0) is 13.8 Å². The summed E-state index contributed by atoms with van der Waals surface area (Å²) in [6, 6.07) is -0.209. The average molecular weight is 282 g/mol. The molecule has 4 nitrogen and oxygen atoms in total. The Labute approximate surface area is 85.0 Å². The number of rotatable bonds is 1. The van der Waals surface area contributed by atoms with Crippen molar-refractivity contribution in [2.75, 3.05) is 11.6 Å². The van der Waals surface area contributed by atoms with E-state index >= 15 is 0 Å². The first-order chi connectivity index (χ1) is 5.42. The Balaban J connectivity index is 3.02. The smallest absolute Gasteiger partial charge is 0.313 e. The molecule has 0 aromatic rings. The van der Waals surface area contributed by atoms with Crippen molar-refractivity contribution in [2.45, 2.75) is 19.4 Å². The first kappa shape index (κ1) is 9.76. The van der Waals surface area contributed by atoms with Gasteiger partial charge in [-0.15, -0.1) is 0 Å². The van der Waals surface area contributed by atoms with Crippen molar-refractivity contribution in [3.8, 4) is 0 Å². The third-order valence-corrected chi connectivity index (χ3v) is 2.93. The van der Waals surface area contributed by atoms with Crippen LogP contribution >= 0.6 is 22.6 Å². The van der Waals surface area contributed by atoms with Crippen LogP contribution < -0.4 is 0 Å². The number of imide groups is 1. The summed E-state index contributed by atoms with van der Waals surface area (Å²) in [5, 5.41) is 0. The van der Waals surface area contributed by atoms with Gasteiger partial charge in [0, 0.05) is 7.05 Å². The number of nitrogens with zero attached hydrogens (tertiary/aromatic N) is 2. The average Bonchev–Trinajstić information content (AvgIpc) is 2.15. The van der Waals surface area contributed by atoms with Crippen molar-refractivity contribution >= 4 is 34.5 Å². The highest BCUT2D eigenvalue weighted by Crippen LogP contribution is 2.25. The molecule has 1 fully saturated rings. The SMILES string of the molecule is CN1C(=O)N(CI)C(=O)C1(C)C. The lowest BCUT2D eigenvalue weighted by Gasteiger charge is -2.22. The fraction of sp³-hybridized carbons (Fsp3) is 0.714. The Hall–Kier alpha value is -0.330. The fourth-order valence-corrected chi connectivity index (χ4v) is 1.69. The third kappa shape index (κ3) is 1.10. The summed E-state index contributed by atoms with van der Waals surface area (Å²) < 4.78 is 0.420. The largest absolute Gasteiger partial charge is 0.328 e. The van der Waals surface area contributed by atoms with E-state index in [0.717, 1.165) is 0 Å². The molecule has 5 heteroatoms. The monoisotopic (exact) mass is 282 g/mol. The van der Waals surface area contributed by atoms with Gasteiger partial charge in [-0.1, -0.05) is 22.6 Å². The van der Waals surface area contributed by atoms with Gasteiger partial charge in [0.15, 0.2) is 0 Å². The van der Waals surface area contributed by atoms with Gasteiger partial charge in [-0.3, -0.25) is 9.69 Å². The van der Waals surface area contributed by atoms with Gasteiger partial charge in [-0.2, -0.15) is 0 Å². The van der Waals surface area contributed by atoms with Crippen molar-refractivity contribution < 1.29 is 9.59 Å². The van der Waals surface area contributed by atoms with Gasteiger partial charge in [0.05, 0.1) is 4.55 Å². The number of alkyl halides is 1. The van der Waals surface area contributed by atoms with E-state index in [4.69, 9.17) is 0 Å². The van der Waals surface area contributed by atoms with Crippen molar-refractivity contribution in [1.29, 1.82) is 0 Å². The number of likely N-dealkylation sites (N-methyl/N-ethyl adjacent to an activating group) is 1. The Morgan fingerprint density at radius 2 is 1.92 bits per heavy atom. The zero-order valence-corrected chi connectivity index (χ0v) is 9.45. The molecule has 0 spiro atoms. The quantitative estimate of drug-likeness (QED) is 0.312. The van der Waals surface area contributed by atoms with Gasteiger partial charge >= 0.3 is 6.03 Å². The minimum atomic E-state index is -0.678. The van der Waals surface area contributed by atoms with Crippen LogP contribution in [0.4, 0.5) is 4.79 Å². The highest BCUT2D eigenvalue weighted by Gasteiger charge is 2.48. The molecule has 0 aromatic carbocycles. The molecule has 3 amide bonds. The second kappa shape index (κ2) is 2.86. The van der Waals surface area contributed by atoms with Crippen molar-refractivity contribution in [1.82, 2.24) is 9.80 Å². The molecule has 0 radical (unpaired) electrons. The predicted molar refractivity (Wildman–Crippen MR) is 53.0 cm³/mol. The lowest BCUT2D eigenvalue weighted by Crippen LogP contribution is -2.41. The lowest BCUT2D eigenvalue weighted by atomic mass is 10.1. The lowest BCUT2D eigenvalue weighted by molar-refractivity contribution is -0.130. The number of hydrogen-bond donors (Lipinski definition) is 0. The predicted octanol–water partition coefficient (Wildman–Crippen LogP) is 1.05. The van der Waals surface area contributed by atoms with E-state index in [2.05, 4.69) is 0 Å². The van der Waals surface area contributed by atoms with Gasteiger partial charge < -0.3 is 4.90 Å². The van der Waals surface area contributed by atoms with E-state index in [1.807, 2.05) is 22.6 Å². The second-order valence-electron chi connectivity index (χ2n) is 3.25. The van der Waals surface area contributed by atoms with Crippen molar-refractivity contribution in [2.24, 2.45) is 0 Å². The summed E-state index contributed by atoms with van der Waals surface area (Å²) in [7, 11) is 1.65. The second-order valence-corrected chi connectivity index (χ2v) is 3.94. The maximum atomic E-state index is 11.5. The number of carbonyl (C=O) groups is 2. The van der Waals surface area contributed by atoms with Crippen molar-refractivity contribution in [3.63, 3.8) is 0 Å². The van der Waals surface area contributed by atoms with Crippen LogP contribution in [0.2, 0.25) is 0 Å². The van der Waals surface area contributed by atoms with E-state index in [9.17, 15) is 9.59 Å². The topological polar surface area (TPSA) is 40.6 Å². The van der Waals surface area contributed by atoms with Gasteiger partial charge in [0.1, 0.15) is 5.54 Å². The molecule has 0 N–H and O–H groups in total. The van der Waals surface area contributed by atoms with Crippen LogP contribution in [0.25, 0.3) is 0 Å². The first-order valence-corrected chi connectivity index (χ1v) is 5.11. The summed E-state index contributed by atoms with van der Waals surface area (Å²) in [5.41, 5.74) is -0.678. The molecule has 1 aliphatic heterocycles.